The number of nitrogens with zero attached hydrogens (tertiary/aromatic N) is 2. The van der Waals surface area contributed by atoms with Crippen molar-refractivity contribution in [3.05, 3.63) is 59.4 Å². The fraction of sp³-hybridized carbons (Fsp3) is 0.263. The Morgan fingerprint density at radius 3 is 2.54 bits per heavy atom. The van der Waals surface area contributed by atoms with Crippen molar-refractivity contribution in [1.29, 1.82) is 0 Å². The molecule has 0 fully saturated rings. The lowest BCUT2D eigenvalue weighted by Crippen LogP contribution is -2.28. The summed E-state index contributed by atoms with van der Waals surface area (Å²) in [6, 6.07) is 12.6. The van der Waals surface area contributed by atoms with E-state index in [0.717, 1.165) is 5.56 Å². The molecule has 0 aliphatic carbocycles. The van der Waals surface area contributed by atoms with Crippen LogP contribution < -0.4 is 5.32 Å². The lowest BCUT2D eigenvalue weighted by atomic mass is 9.84. The zero-order chi connectivity index (χ0) is 18.9. The third kappa shape index (κ3) is 3.81. The van der Waals surface area contributed by atoms with E-state index in [2.05, 4.69) is 29.1 Å². The van der Waals surface area contributed by atoms with Crippen molar-refractivity contribution in [2.75, 3.05) is 18.1 Å². The minimum Gasteiger partial charge on any atom is -0.369 e. The number of anilines is 1. The van der Waals surface area contributed by atoms with Crippen molar-refractivity contribution in [3.63, 3.8) is 0 Å². The lowest BCUT2D eigenvalue weighted by molar-refractivity contribution is 0.556. The third-order valence-corrected chi connectivity index (χ3v) is 5.78. The number of halogens is 1. The quantitative estimate of drug-likeness (QED) is 0.711. The van der Waals surface area contributed by atoms with Crippen LogP contribution >= 0.6 is 11.6 Å². The Balaban J connectivity index is 1.95. The summed E-state index contributed by atoms with van der Waals surface area (Å²) in [4.78, 5) is 8.76. The molecule has 0 bridgehead atoms. The summed E-state index contributed by atoms with van der Waals surface area (Å²) < 4.78 is 23.7. The van der Waals surface area contributed by atoms with Crippen molar-refractivity contribution in [2.45, 2.75) is 24.2 Å². The number of aromatic nitrogens is 2. The molecule has 5 nitrogen and oxygen atoms in total. The van der Waals surface area contributed by atoms with Crippen LogP contribution in [-0.2, 0) is 15.3 Å². The Hall–Kier alpha value is -2.18. The van der Waals surface area contributed by atoms with Gasteiger partial charge in [-0.05, 0) is 29.8 Å². The van der Waals surface area contributed by atoms with E-state index in [0.29, 0.717) is 28.3 Å². The maximum atomic E-state index is 11.9. The van der Waals surface area contributed by atoms with Gasteiger partial charge in [-0.2, -0.15) is 0 Å². The SMILES string of the molecule is CC(C)(CNc1ncnc2ccc(S(C)(=O)=O)cc12)c1ccccc1Cl. The highest BCUT2D eigenvalue weighted by Crippen LogP contribution is 2.31. The molecule has 3 rings (SSSR count). The van der Waals surface area contributed by atoms with Crippen LogP contribution in [0.5, 0.6) is 0 Å². The highest BCUT2D eigenvalue weighted by molar-refractivity contribution is 7.90. The van der Waals surface area contributed by atoms with Crippen LogP contribution in [0.4, 0.5) is 5.82 Å². The number of hydrogen-bond acceptors (Lipinski definition) is 5. The zero-order valence-corrected chi connectivity index (χ0v) is 16.4. The summed E-state index contributed by atoms with van der Waals surface area (Å²) in [7, 11) is -3.30. The van der Waals surface area contributed by atoms with Crippen LogP contribution in [0.1, 0.15) is 19.4 Å². The molecule has 0 atom stereocenters. The highest BCUT2D eigenvalue weighted by Gasteiger charge is 2.23. The molecule has 0 saturated heterocycles. The van der Waals surface area contributed by atoms with Crippen LogP contribution in [0.25, 0.3) is 10.9 Å². The fourth-order valence-electron chi connectivity index (χ4n) is 2.82. The van der Waals surface area contributed by atoms with Crippen molar-refractivity contribution >= 4 is 38.2 Å². The highest BCUT2D eigenvalue weighted by atomic mass is 35.5. The van der Waals surface area contributed by atoms with Gasteiger partial charge in [-0.25, -0.2) is 18.4 Å². The summed E-state index contributed by atoms with van der Waals surface area (Å²) in [5.41, 5.74) is 1.47. The molecule has 7 heteroatoms. The van der Waals surface area contributed by atoms with Gasteiger partial charge in [0.25, 0.3) is 0 Å². The topological polar surface area (TPSA) is 72.0 Å². The minimum absolute atomic E-state index is 0.244. The number of rotatable bonds is 5. The van der Waals surface area contributed by atoms with Gasteiger partial charge in [0.05, 0.1) is 10.4 Å². The van der Waals surface area contributed by atoms with Crippen LogP contribution in [-0.4, -0.2) is 31.2 Å². The number of hydrogen-bond donors (Lipinski definition) is 1. The van der Waals surface area contributed by atoms with Crippen molar-refractivity contribution in [3.8, 4) is 0 Å². The second kappa shape index (κ2) is 6.85. The maximum Gasteiger partial charge on any atom is 0.175 e. The van der Waals surface area contributed by atoms with Gasteiger partial charge < -0.3 is 5.32 Å². The Kier molecular flexibility index (Phi) is 4.90. The second-order valence-corrected chi connectivity index (χ2v) is 9.31. The molecule has 0 unspecified atom stereocenters. The molecule has 3 aromatic rings. The number of sulfone groups is 1. The number of nitrogens with one attached hydrogen (secondary N) is 1. The maximum absolute atomic E-state index is 11.9. The van der Waals surface area contributed by atoms with Crippen molar-refractivity contribution in [2.24, 2.45) is 0 Å². The van der Waals surface area contributed by atoms with Gasteiger partial charge in [0.15, 0.2) is 9.84 Å². The zero-order valence-electron chi connectivity index (χ0n) is 14.8. The van der Waals surface area contributed by atoms with E-state index in [4.69, 9.17) is 11.6 Å². The van der Waals surface area contributed by atoms with Crippen LogP contribution in [0.3, 0.4) is 0 Å². The first-order valence-corrected chi connectivity index (χ1v) is 10.4. The molecule has 26 heavy (non-hydrogen) atoms. The van der Waals surface area contributed by atoms with Gasteiger partial charge in [-0.1, -0.05) is 43.6 Å². The molecule has 1 aromatic heterocycles. The first-order chi connectivity index (χ1) is 12.2. The summed E-state index contributed by atoms with van der Waals surface area (Å²) in [5.74, 6) is 0.598. The largest absolute Gasteiger partial charge is 0.369 e. The predicted molar refractivity (Wildman–Crippen MR) is 106 cm³/mol. The number of benzene rings is 2. The summed E-state index contributed by atoms with van der Waals surface area (Å²) in [6.07, 6.45) is 2.65. The van der Waals surface area contributed by atoms with E-state index in [1.807, 2.05) is 24.3 Å². The first kappa shape index (κ1) is 18.6. The van der Waals surface area contributed by atoms with E-state index in [1.54, 1.807) is 18.2 Å². The normalized spacial score (nSPS) is 12.3. The summed E-state index contributed by atoms with van der Waals surface area (Å²) in [6.45, 7) is 4.75. The van der Waals surface area contributed by atoms with E-state index in [9.17, 15) is 8.42 Å². The van der Waals surface area contributed by atoms with Gasteiger partial charge in [-0.3, -0.25) is 0 Å². The standard InChI is InChI=1S/C19H20ClN3O2S/c1-19(2,15-6-4-5-7-16(15)20)11-21-18-14-10-13(26(3,24)25)8-9-17(14)22-12-23-18/h4-10,12H,11H2,1-3H3,(H,21,22,23). The Bertz CT molecular complexity index is 1070. The van der Waals surface area contributed by atoms with Gasteiger partial charge in [0.1, 0.15) is 12.1 Å². The van der Waals surface area contributed by atoms with Gasteiger partial charge in [0, 0.05) is 28.6 Å². The molecule has 0 aliphatic heterocycles. The van der Waals surface area contributed by atoms with Gasteiger partial charge >= 0.3 is 0 Å². The fourth-order valence-corrected chi connectivity index (χ4v) is 3.86. The van der Waals surface area contributed by atoms with E-state index < -0.39 is 9.84 Å². The van der Waals surface area contributed by atoms with Crippen LogP contribution in [0, 0.1) is 0 Å². The molecule has 0 amide bonds. The van der Waals surface area contributed by atoms with Gasteiger partial charge in [-0.15, -0.1) is 0 Å². The molecule has 2 aromatic carbocycles. The Morgan fingerprint density at radius 2 is 1.85 bits per heavy atom. The van der Waals surface area contributed by atoms with Crippen molar-refractivity contribution < 1.29 is 8.42 Å². The molecule has 0 saturated carbocycles. The summed E-state index contributed by atoms with van der Waals surface area (Å²) in [5, 5.41) is 4.71. The average molecular weight is 390 g/mol. The third-order valence-electron chi connectivity index (χ3n) is 4.34. The predicted octanol–water partition coefficient (Wildman–Crippen LogP) is 4.08. The molecule has 1 heterocycles. The summed E-state index contributed by atoms with van der Waals surface area (Å²) >= 11 is 6.34. The molecular weight excluding hydrogens is 370 g/mol. The monoisotopic (exact) mass is 389 g/mol. The molecular formula is C19H20ClN3O2S. The first-order valence-electron chi connectivity index (χ1n) is 8.12. The number of fused-ring (bicyclic) bond motifs is 1. The van der Waals surface area contributed by atoms with E-state index in [-0.39, 0.29) is 10.3 Å². The van der Waals surface area contributed by atoms with E-state index >= 15 is 0 Å². The molecule has 0 radical (unpaired) electrons. The average Bonchev–Trinajstić information content (AvgIpc) is 2.59. The minimum atomic E-state index is -3.30. The Morgan fingerprint density at radius 1 is 1.12 bits per heavy atom. The van der Waals surface area contributed by atoms with Crippen LogP contribution in [0.2, 0.25) is 5.02 Å². The van der Waals surface area contributed by atoms with Gasteiger partial charge in [0.2, 0.25) is 0 Å². The molecule has 1 N–H and O–H groups in total. The molecule has 0 spiro atoms. The van der Waals surface area contributed by atoms with Crippen LogP contribution in [0.15, 0.2) is 53.7 Å². The Labute approximate surface area is 158 Å². The van der Waals surface area contributed by atoms with E-state index in [1.165, 1.54) is 12.6 Å². The smallest absolute Gasteiger partial charge is 0.175 e. The molecule has 136 valence electrons. The van der Waals surface area contributed by atoms with Crippen molar-refractivity contribution in [1.82, 2.24) is 9.97 Å². The lowest BCUT2D eigenvalue weighted by Gasteiger charge is -2.27. The molecule has 0 aliphatic rings. The second-order valence-electron chi connectivity index (χ2n) is 6.89.